The zero-order valence-electron chi connectivity index (χ0n) is 15.0. The lowest BCUT2D eigenvalue weighted by Gasteiger charge is -2.39. The lowest BCUT2D eigenvalue weighted by atomic mass is 9.88. The van der Waals surface area contributed by atoms with E-state index < -0.39 is 0 Å². The molecule has 1 saturated heterocycles. The van der Waals surface area contributed by atoms with E-state index in [4.69, 9.17) is 0 Å². The van der Waals surface area contributed by atoms with Crippen molar-refractivity contribution in [3.63, 3.8) is 0 Å². The molecule has 2 rings (SSSR count). The highest BCUT2D eigenvalue weighted by atomic mass is 16.2. The molecule has 0 aliphatic carbocycles. The molecule has 1 aliphatic heterocycles. The van der Waals surface area contributed by atoms with Crippen molar-refractivity contribution in [2.75, 3.05) is 19.6 Å². The molecule has 2 atom stereocenters. The third-order valence-electron chi connectivity index (χ3n) is 4.63. The predicted octanol–water partition coefficient (Wildman–Crippen LogP) is 3.25. The molecule has 25 heavy (non-hydrogen) atoms. The van der Waals surface area contributed by atoms with E-state index in [-0.39, 0.29) is 23.9 Å². The van der Waals surface area contributed by atoms with Gasteiger partial charge in [-0.25, -0.2) is 4.79 Å². The average Bonchev–Trinajstić information content (AvgIpc) is 2.66. The number of piperidine rings is 1. The van der Waals surface area contributed by atoms with Crippen molar-refractivity contribution in [2.45, 2.75) is 38.6 Å². The first-order chi connectivity index (χ1) is 12.2. The first-order valence-corrected chi connectivity index (χ1v) is 9.15. The van der Waals surface area contributed by atoms with Gasteiger partial charge in [-0.1, -0.05) is 49.8 Å². The molecule has 136 valence electrons. The van der Waals surface area contributed by atoms with Gasteiger partial charge < -0.3 is 15.5 Å². The fraction of sp³-hybridized carbons (Fsp3) is 0.500. The van der Waals surface area contributed by atoms with Gasteiger partial charge in [0.1, 0.15) is 0 Å². The minimum atomic E-state index is -0.170. The van der Waals surface area contributed by atoms with Gasteiger partial charge in [0.2, 0.25) is 5.91 Å². The van der Waals surface area contributed by atoms with Gasteiger partial charge in [0, 0.05) is 19.6 Å². The maximum absolute atomic E-state index is 12.7. The quantitative estimate of drug-likeness (QED) is 0.590. The molecule has 1 heterocycles. The van der Waals surface area contributed by atoms with Crippen molar-refractivity contribution in [1.82, 2.24) is 15.5 Å². The molecule has 0 aromatic heterocycles. The number of benzene rings is 1. The van der Waals surface area contributed by atoms with Crippen molar-refractivity contribution in [3.05, 3.63) is 48.6 Å². The summed E-state index contributed by atoms with van der Waals surface area (Å²) in [5.41, 5.74) is 1.12. The number of urea groups is 1. The van der Waals surface area contributed by atoms with Gasteiger partial charge in [0.05, 0.1) is 12.0 Å². The number of likely N-dealkylation sites (tertiary alicyclic amines) is 1. The van der Waals surface area contributed by atoms with E-state index in [0.717, 1.165) is 31.2 Å². The van der Waals surface area contributed by atoms with Gasteiger partial charge >= 0.3 is 6.03 Å². The second kappa shape index (κ2) is 9.87. The van der Waals surface area contributed by atoms with E-state index in [1.807, 2.05) is 23.1 Å². The number of unbranched alkanes of at least 4 members (excludes halogenated alkanes) is 1. The number of carbonyl (C=O) groups is 2. The molecular weight excluding hydrogens is 314 g/mol. The summed E-state index contributed by atoms with van der Waals surface area (Å²) in [4.78, 5) is 26.8. The largest absolute Gasteiger partial charge is 0.352 e. The molecule has 1 aliphatic rings. The Morgan fingerprint density at radius 1 is 1.24 bits per heavy atom. The van der Waals surface area contributed by atoms with Crippen molar-refractivity contribution in [3.8, 4) is 0 Å². The summed E-state index contributed by atoms with van der Waals surface area (Å²) in [6.07, 6.45) is 5.23. The Hall–Kier alpha value is -2.30. The molecule has 0 unspecified atom stereocenters. The van der Waals surface area contributed by atoms with Gasteiger partial charge in [0.15, 0.2) is 0 Å². The van der Waals surface area contributed by atoms with Crippen LogP contribution in [0.15, 0.2) is 43.0 Å². The van der Waals surface area contributed by atoms with Gasteiger partial charge in [-0.15, -0.1) is 6.58 Å². The number of amides is 3. The zero-order valence-corrected chi connectivity index (χ0v) is 15.0. The Kier molecular flexibility index (Phi) is 7.51. The summed E-state index contributed by atoms with van der Waals surface area (Å²) in [5, 5.41) is 5.85. The van der Waals surface area contributed by atoms with E-state index in [1.165, 1.54) is 0 Å². The van der Waals surface area contributed by atoms with Gasteiger partial charge in [-0.3, -0.25) is 4.79 Å². The third kappa shape index (κ3) is 5.34. The molecule has 2 N–H and O–H groups in total. The van der Waals surface area contributed by atoms with Crippen LogP contribution in [0.2, 0.25) is 0 Å². The van der Waals surface area contributed by atoms with Crippen molar-refractivity contribution < 1.29 is 9.59 Å². The lowest BCUT2D eigenvalue weighted by molar-refractivity contribution is -0.126. The van der Waals surface area contributed by atoms with Crippen LogP contribution < -0.4 is 10.6 Å². The van der Waals surface area contributed by atoms with Crippen LogP contribution >= 0.6 is 0 Å². The number of rotatable bonds is 7. The molecule has 0 radical (unpaired) electrons. The minimum absolute atomic E-state index is 0.00206. The van der Waals surface area contributed by atoms with Crippen LogP contribution in [-0.4, -0.2) is 36.5 Å². The SMILES string of the molecule is C=CCNC(=O)[C@H]1CC[C@H](c2ccccc2)N(C(=O)NCCCC)C1. The smallest absolute Gasteiger partial charge is 0.317 e. The van der Waals surface area contributed by atoms with E-state index in [0.29, 0.717) is 19.6 Å². The zero-order chi connectivity index (χ0) is 18.1. The maximum Gasteiger partial charge on any atom is 0.317 e. The Morgan fingerprint density at radius 3 is 2.68 bits per heavy atom. The molecule has 3 amide bonds. The third-order valence-corrected chi connectivity index (χ3v) is 4.63. The van der Waals surface area contributed by atoms with Crippen molar-refractivity contribution >= 4 is 11.9 Å². The number of carbonyl (C=O) groups excluding carboxylic acids is 2. The Labute approximate surface area is 150 Å². The van der Waals surface area contributed by atoms with Crippen LogP contribution in [-0.2, 0) is 4.79 Å². The fourth-order valence-electron chi connectivity index (χ4n) is 3.22. The highest BCUT2D eigenvalue weighted by Crippen LogP contribution is 2.33. The van der Waals surface area contributed by atoms with Gasteiger partial charge in [-0.2, -0.15) is 0 Å². The molecular formula is C20H29N3O2. The predicted molar refractivity (Wildman–Crippen MR) is 100 cm³/mol. The molecule has 5 nitrogen and oxygen atoms in total. The standard InChI is InChI=1S/C20H29N3O2/c1-3-5-14-22-20(25)23-15-17(19(24)21-13-4-2)11-12-18(23)16-9-7-6-8-10-16/h4,6-10,17-18H,2-3,5,11-15H2,1H3,(H,21,24)(H,22,25)/t17-,18+/m0/s1. The summed E-state index contributed by atoms with van der Waals surface area (Å²) in [7, 11) is 0. The summed E-state index contributed by atoms with van der Waals surface area (Å²) < 4.78 is 0. The Morgan fingerprint density at radius 2 is 2.00 bits per heavy atom. The van der Waals surface area contributed by atoms with Crippen LogP contribution in [0.4, 0.5) is 4.79 Å². The topological polar surface area (TPSA) is 61.4 Å². The van der Waals surface area contributed by atoms with E-state index in [1.54, 1.807) is 6.08 Å². The second-order valence-corrected chi connectivity index (χ2v) is 6.47. The maximum atomic E-state index is 12.7. The molecule has 5 heteroatoms. The number of hydrogen-bond donors (Lipinski definition) is 2. The Bertz CT molecular complexity index is 574. The summed E-state index contributed by atoms with van der Waals surface area (Å²) in [5.74, 6) is -0.172. The summed E-state index contributed by atoms with van der Waals surface area (Å²) in [6.45, 7) is 7.29. The fourth-order valence-corrected chi connectivity index (χ4v) is 3.22. The second-order valence-electron chi connectivity index (χ2n) is 6.47. The molecule has 0 saturated carbocycles. The highest BCUT2D eigenvalue weighted by molar-refractivity contribution is 5.81. The molecule has 1 aromatic rings. The molecule has 0 spiro atoms. The van der Waals surface area contributed by atoms with E-state index in [2.05, 4.69) is 36.3 Å². The Balaban J connectivity index is 2.10. The van der Waals surface area contributed by atoms with E-state index in [9.17, 15) is 9.59 Å². The van der Waals surface area contributed by atoms with Crippen LogP contribution in [0, 0.1) is 5.92 Å². The van der Waals surface area contributed by atoms with Crippen LogP contribution in [0.5, 0.6) is 0 Å². The van der Waals surface area contributed by atoms with Crippen LogP contribution in [0.25, 0.3) is 0 Å². The van der Waals surface area contributed by atoms with Gasteiger partial charge in [-0.05, 0) is 24.8 Å². The van der Waals surface area contributed by atoms with E-state index >= 15 is 0 Å². The lowest BCUT2D eigenvalue weighted by Crippen LogP contribution is -2.50. The molecule has 1 fully saturated rings. The number of nitrogens with zero attached hydrogens (tertiary/aromatic N) is 1. The number of nitrogens with one attached hydrogen (secondary N) is 2. The minimum Gasteiger partial charge on any atom is -0.352 e. The van der Waals surface area contributed by atoms with Crippen molar-refractivity contribution in [2.24, 2.45) is 5.92 Å². The normalized spacial score (nSPS) is 20.0. The number of hydrogen-bond acceptors (Lipinski definition) is 2. The molecule has 0 bridgehead atoms. The highest BCUT2D eigenvalue weighted by Gasteiger charge is 2.35. The summed E-state index contributed by atoms with van der Waals surface area (Å²) in [6, 6.07) is 10.00. The average molecular weight is 343 g/mol. The van der Waals surface area contributed by atoms with Crippen LogP contribution in [0.3, 0.4) is 0 Å². The van der Waals surface area contributed by atoms with Gasteiger partial charge in [0.25, 0.3) is 0 Å². The summed E-state index contributed by atoms with van der Waals surface area (Å²) >= 11 is 0. The van der Waals surface area contributed by atoms with Crippen LogP contribution in [0.1, 0.15) is 44.2 Å². The monoisotopic (exact) mass is 343 g/mol. The van der Waals surface area contributed by atoms with Crippen molar-refractivity contribution in [1.29, 1.82) is 0 Å². The molecule has 1 aromatic carbocycles. The first-order valence-electron chi connectivity index (χ1n) is 9.15. The first kappa shape index (κ1) is 19.0.